The number of benzene rings is 3. The summed E-state index contributed by atoms with van der Waals surface area (Å²) in [5, 5.41) is 25.1. The van der Waals surface area contributed by atoms with Gasteiger partial charge in [-0.1, -0.05) is 91.0 Å². The molecule has 5 rings (SSSR count). The topological polar surface area (TPSA) is 78.6 Å². The average molecular weight is 425 g/mol. The molecule has 0 fully saturated rings. The quantitative estimate of drug-likeness (QED) is 0.479. The van der Waals surface area contributed by atoms with Crippen molar-refractivity contribution in [3.05, 3.63) is 125 Å². The SMILES string of the molecule is O=C(O)N1Cc2nn(C(c3ccccc3)(c3ccccc3)c3ccccc3)cc2C(O)C1. The van der Waals surface area contributed by atoms with Crippen molar-refractivity contribution in [1.82, 2.24) is 14.7 Å². The number of hydrogen-bond donors (Lipinski definition) is 2. The van der Waals surface area contributed by atoms with E-state index in [9.17, 15) is 15.0 Å². The summed E-state index contributed by atoms with van der Waals surface area (Å²) in [5.74, 6) is 0. The number of β-amino-alcohol motifs (C(OH)–C–C–N with tert-alkyl or cyclic N) is 1. The number of rotatable bonds is 4. The Morgan fingerprint density at radius 2 is 1.31 bits per heavy atom. The van der Waals surface area contributed by atoms with E-state index >= 15 is 0 Å². The number of amides is 1. The molecule has 0 aliphatic carbocycles. The van der Waals surface area contributed by atoms with Gasteiger partial charge in [0.2, 0.25) is 0 Å². The van der Waals surface area contributed by atoms with Gasteiger partial charge in [-0.25, -0.2) is 4.79 Å². The first kappa shape index (κ1) is 20.0. The molecule has 1 aliphatic rings. The zero-order valence-electron chi connectivity index (χ0n) is 17.4. The molecule has 160 valence electrons. The van der Waals surface area contributed by atoms with Crippen molar-refractivity contribution in [2.45, 2.75) is 18.2 Å². The van der Waals surface area contributed by atoms with Crippen LogP contribution in [0.3, 0.4) is 0 Å². The summed E-state index contributed by atoms with van der Waals surface area (Å²) in [4.78, 5) is 12.8. The van der Waals surface area contributed by atoms with Crippen LogP contribution in [-0.2, 0) is 12.1 Å². The lowest BCUT2D eigenvalue weighted by Gasteiger charge is -2.36. The molecular formula is C26H23N3O3. The lowest BCUT2D eigenvalue weighted by atomic mass is 9.77. The number of nitrogens with zero attached hydrogens (tertiary/aromatic N) is 3. The van der Waals surface area contributed by atoms with Crippen LogP contribution in [0, 0.1) is 0 Å². The molecule has 0 saturated heterocycles. The standard InChI is InChI=1S/C26H23N3O3/c30-24-18-28(25(31)32)17-23-22(24)16-29(27-23)26(19-10-4-1-5-11-19,20-12-6-2-7-13-20)21-14-8-3-9-15-21/h1-16,24,30H,17-18H2,(H,31,32). The first-order valence-corrected chi connectivity index (χ1v) is 10.5. The number of carbonyl (C=O) groups is 1. The number of aromatic nitrogens is 2. The summed E-state index contributed by atoms with van der Waals surface area (Å²) in [6.07, 6.45) is -0.125. The number of aliphatic hydroxyl groups is 1. The summed E-state index contributed by atoms with van der Waals surface area (Å²) in [6, 6.07) is 30.4. The molecular weight excluding hydrogens is 402 g/mol. The molecule has 4 aromatic rings. The maximum atomic E-state index is 11.6. The molecule has 2 heterocycles. The maximum absolute atomic E-state index is 11.6. The van der Waals surface area contributed by atoms with Crippen molar-refractivity contribution in [2.75, 3.05) is 6.54 Å². The zero-order valence-corrected chi connectivity index (χ0v) is 17.4. The van der Waals surface area contributed by atoms with Gasteiger partial charge in [0.1, 0.15) is 11.6 Å². The Balaban J connectivity index is 1.81. The molecule has 1 unspecified atom stereocenters. The van der Waals surface area contributed by atoms with E-state index in [0.29, 0.717) is 11.3 Å². The number of aliphatic hydroxyl groups excluding tert-OH is 1. The second-order valence-electron chi connectivity index (χ2n) is 7.96. The van der Waals surface area contributed by atoms with E-state index in [1.165, 1.54) is 4.90 Å². The van der Waals surface area contributed by atoms with E-state index in [1.54, 1.807) is 0 Å². The Kier molecular flexibility index (Phi) is 4.99. The molecule has 0 bridgehead atoms. The fraction of sp³-hybridized carbons (Fsp3) is 0.154. The van der Waals surface area contributed by atoms with Gasteiger partial charge in [-0.05, 0) is 16.7 Å². The van der Waals surface area contributed by atoms with Crippen molar-refractivity contribution in [3.63, 3.8) is 0 Å². The monoisotopic (exact) mass is 425 g/mol. The highest BCUT2D eigenvalue weighted by Gasteiger charge is 2.41. The summed E-state index contributed by atoms with van der Waals surface area (Å²) < 4.78 is 1.88. The van der Waals surface area contributed by atoms with Gasteiger partial charge >= 0.3 is 6.09 Å². The van der Waals surface area contributed by atoms with E-state index in [-0.39, 0.29) is 13.1 Å². The fourth-order valence-electron chi connectivity index (χ4n) is 4.63. The lowest BCUT2D eigenvalue weighted by Crippen LogP contribution is -2.38. The Labute approximate surface area is 186 Å². The fourth-order valence-corrected chi connectivity index (χ4v) is 4.63. The number of hydrogen-bond acceptors (Lipinski definition) is 3. The van der Waals surface area contributed by atoms with Gasteiger partial charge in [0.15, 0.2) is 0 Å². The van der Waals surface area contributed by atoms with Crippen LogP contribution in [0.15, 0.2) is 97.2 Å². The first-order chi connectivity index (χ1) is 15.6. The molecule has 1 amide bonds. The minimum Gasteiger partial charge on any atom is -0.465 e. The van der Waals surface area contributed by atoms with Crippen LogP contribution in [0.25, 0.3) is 0 Å². The number of fused-ring (bicyclic) bond motifs is 1. The van der Waals surface area contributed by atoms with Gasteiger partial charge < -0.3 is 10.2 Å². The maximum Gasteiger partial charge on any atom is 0.407 e. The molecule has 3 aromatic carbocycles. The van der Waals surface area contributed by atoms with Crippen molar-refractivity contribution in [1.29, 1.82) is 0 Å². The molecule has 0 spiro atoms. The third kappa shape index (κ3) is 3.16. The molecule has 2 N–H and O–H groups in total. The van der Waals surface area contributed by atoms with Gasteiger partial charge in [-0.2, -0.15) is 5.10 Å². The summed E-state index contributed by atoms with van der Waals surface area (Å²) >= 11 is 0. The minimum atomic E-state index is -1.07. The van der Waals surface area contributed by atoms with Crippen LogP contribution in [0.5, 0.6) is 0 Å². The first-order valence-electron chi connectivity index (χ1n) is 10.5. The van der Waals surface area contributed by atoms with Crippen molar-refractivity contribution in [2.24, 2.45) is 0 Å². The van der Waals surface area contributed by atoms with Gasteiger partial charge in [0.05, 0.1) is 18.8 Å². The van der Waals surface area contributed by atoms with Crippen LogP contribution in [0.1, 0.15) is 34.1 Å². The van der Waals surface area contributed by atoms with Crippen LogP contribution in [-0.4, -0.2) is 37.5 Å². The molecule has 32 heavy (non-hydrogen) atoms. The third-order valence-electron chi connectivity index (χ3n) is 6.10. The van der Waals surface area contributed by atoms with Crippen LogP contribution < -0.4 is 0 Å². The van der Waals surface area contributed by atoms with E-state index in [2.05, 4.69) is 36.4 Å². The van der Waals surface area contributed by atoms with Crippen molar-refractivity contribution < 1.29 is 15.0 Å². The van der Waals surface area contributed by atoms with E-state index < -0.39 is 17.7 Å². The van der Waals surface area contributed by atoms with Crippen molar-refractivity contribution >= 4 is 6.09 Å². The van der Waals surface area contributed by atoms with E-state index in [1.807, 2.05) is 65.5 Å². The highest BCUT2D eigenvalue weighted by molar-refractivity contribution is 5.65. The summed E-state index contributed by atoms with van der Waals surface area (Å²) in [7, 11) is 0. The van der Waals surface area contributed by atoms with Crippen molar-refractivity contribution in [3.8, 4) is 0 Å². The molecule has 0 saturated carbocycles. The van der Waals surface area contributed by atoms with Crippen LogP contribution in [0.4, 0.5) is 4.79 Å². The molecule has 6 nitrogen and oxygen atoms in total. The molecule has 1 atom stereocenters. The average Bonchev–Trinajstić information content (AvgIpc) is 3.27. The second kappa shape index (κ2) is 7.98. The Morgan fingerprint density at radius 3 is 1.75 bits per heavy atom. The van der Waals surface area contributed by atoms with Crippen LogP contribution in [0.2, 0.25) is 0 Å². The third-order valence-corrected chi connectivity index (χ3v) is 6.10. The molecule has 1 aliphatic heterocycles. The highest BCUT2D eigenvalue weighted by atomic mass is 16.4. The van der Waals surface area contributed by atoms with Gasteiger partial charge in [-0.3, -0.25) is 9.58 Å². The summed E-state index contributed by atoms with van der Waals surface area (Å²) in [5.41, 5.74) is 3.48. The zero-order chi connectivity index (χ0) is 22.1. The smallest absolute Gasteiger partial charge is 0.407 e. The Hall–Kier alpha value is -3.90. The lowest BCUT2D eigenvalue weighted by molar-refractivity contribution is 0.0813. The van der Waals surface area contributed by atoms with Gasteiger partial charge in [0, 0.05) is 11.8 Å². The minimum absolute atomic E-state index is 0.0308. The predicted molar refractivity (Wildman–Crippen MR) is 120 cm³/mol. The summed E-state index contributed by atoms with van der Waals surface area (Å²) in [6.45, 7) is 0.173. The largest absolute Gasteiger partial charge is 0.465 e. The van der Waals surface area contributed by atoms with Crippen LogP contribution >= 0.6 is 0 Å². The molecule has 1 aromatic heterocycles. The number of carboxylic acid groups (broad SMARTS) is 1. The molecule has 6 heteroatoms. The second-order valence-corrected chi connectivity index (χ2v) is 7.96. The highest BCUT2D eigenvalue weighted by Crippen LogP contribution is 2.41. The van der Waals surface area contributed by atoms with Gasteiger partial charge in [-0.15, -0.1) is 0 Å². The van der Waals surface area contributed by atoms with E-state index in [0.717, 1.165) is 16.7 Å². The predicted octanol–water partition coefficient (Wildman–Crippen LogP) is 4.25. The normalized spacial score (nSPS) is 15.9. The van der Waals surface area contributed by atoms with Gasteiger partial charge in [0.25, 0.3) is 0 Å². The molecule has 0 radical (unpaired) electrons. The van der Waals surface area contributed by atoms with E-state index in [4.69, 9.17) is 5.10 Å². The Bertz CT molecular complexity index is 1130. The Morgan fingerprint density at radius 1 is 0.844 bits per heavy atom.